The van der Waals surface area contributed by atoms with Crippen LogP contribution < -0.4 is 10.1 Å². The molecule has 5 nitrogen and oxygen atoms in total. The molecule has 0 fully saturated rings. The second-order valence-corrected chi connectivity index (χ2v) is 5.59. The van der Waals surface area contributed by atoms with E-state index >= 15 is 0 Å². The Kier molecular flexibility index (Phi) is 3.96. The van der Waals surface area contributed by atoms with Crippen LogP contribution in [-0.4, -0.2) is 22.5 Å². The number of hydrogen-bond acceptors (Lipinski definition) is 4. The van der Waals surface area contributed by atoms with Gasteiger partial charge < -0.3 is 10.1 Å². The Morgan fingerprint density at radius 3 is 2.64 bits per heavy atom. The number of benzene rings is 3. The Hall–Kier alpha value is -3.47. The molecule has 0 atom stereocenters. The van der Waals surface area contributed by atoms with Crippen molar-refractivity contribution < 1.29 is 9.53 Å². The van der Waals surface area contributed by atoms with Crippen molar-refractivity contribution in [1.82, 2.24) is 9.97 Å². The van der Waals surface area contributed by atoms with Crippen molar-refractivity contribution in [1.29, 1.82) is 0 Å². The molecule has 4 rings (SSSR count). The van der Waals surface area contributed by atoms with Crippen molar-refractivity contribution in [3.05, 3.63) is 73.1 Å². The van der Waals surface area contributed by atoms with Crippen molar-refractivity contribution in [3.63, 3.8) is 0 Å². The summed E-state index contributed by atoms with van der Waals surface area (Å²) in [5.74, 6) is 0.164. The second-order valence-electron chi connectivity index (χ2n) is 5.59. The zero-order chi connectivity index (χ0) is 17.1. The molecule has 0 unspecified atom stereocenters. The van der Waals surface area contributed by atoms with E-state index in [2.05, 4.69) is 15.3 Å². The number of ether oxygens (including phenoxy) is 1. The van der Waals surface area contributed by atoms with Gasteiger partial charge in [-0.1, -0.05) is 42.5 Å². The molecule has 1 N–H and O–H groups in total. The molecule has 122 valence electrons. The first-order valence-corrected chi connectivity index (χ1v) is 7.91. The van der Waals surface area contributed by atoms with Crippen LogP contribution in [0.5, 0.6) is 5.88 Å². The highest BCUT2D eigenvalue weighted by Gasteiger charge is 2.08. The maximum Gasteiger partial charge on any atom is 0.262 e. The summed E-state index contributed by atoms with van der Waals surface area (Å²) in [4.78, 5) is 20.5. The lowest BCUT2D eigenvalue weighted by molar-refractivity contribution is -0.118. The van der Waals surface area contributed by atoms with E-state index in [0.29, 0.717) is 5.88 Å². The third kappa shape index (κ3) is 3.26. The van der Waals surface area contributed by atoms with E-state index in [1.807, 2.05) is 66.7 Å². The summed E-state index contributed by atoms with van der Waals surface area (Å²) in [6, 6.07) is 21.3. The van der Waals surface area contributed by atoms with Crippen LogP contribution in [0.2, 0.25) is 0 Å². The summed E-state index contributed by atoms with van der Waals surface area (Å²) in [7, 11) is 0. The summed E-state index contributed by atoms with van der Waals surface area (Å²) in [6.45, 7) is -0.117. The zero-order valence-corrected chi connectivity index (χ0v) is 13.3. The molecule has 0 saturated carbocycles. The van der Waals surface area contributed by atoms with Gasteiger partial charge in [-0.15, -0.1) is 0 Å². The Morgan fingerprint density at radius 1 is 0.920 bits per heavy atom. The van der Waals surface area contributed by atoms with Crippen LogP contribution in [0.15, 0.2) is 73.1 Å². The lowest BCUT2D eigenvalue weighted by Crippen LogP contribution is -2.20. The predicted octanol–water partition coefficient (Wildman–Crippen LogP) is 3.80. The van der Waals surface area contributed by atoms with Gasteiger partial charge in [0.05, 0.1) is 10.9 Å². The third-order valence-corrected chi connectivity index (χ3v) is 3.88. The number of amides is 1. The standard InChI is InChI=1S/C20H15N3O2/c24-19(23-16-10-9-14-5-1-2-6-15(14)11-16)12-25-20-17-7-3-4-8-18(17)21-13-22-20/h1-11,13H,12H2,(H,23,24). The van der Waals surface area contributed by atoms with E-state index in [9.17, 15) is 4.79 Å². The summed E-state index contributed by atoms with van der Waals surface area (Å²) < 4.78 is 5.58. The molecule has 5 heteroatoms. The van der Waals surface area contributed by atoms with E-state index in [-0.39, 0.29) is 12.5 Å². The van der Waals surface area contributed by atoms with Crippen LogP contribution in [0.1, 0.15) is 0 Å². The second kappa shape index (κ2) is 6.57. The maximum absolute atomic E-state index is 12.2. The first-order valence-electron chi connectivity index (χ1n) is 7.91. The van der Waals surface area contributed by atoms with E-state index in [4.69, 9.17) is 4.74 Å². The van der Waals surface area contributed by atoms with Crippen molar-refractivity contribution >= 4 is 33.3 Å². The first-order chi connectivity index (χ1) is 12.3. The molecular weight excluding hydrogens is 314 g/mol. The Morgan fingerprint density at radius 2 is 1.72 bits per heavy atom. The van der Waals surface area contributed by atoms with Crippen LogP contribution in [0.4, 0.5) is 5.69 Å². The molecule has 0 bridgehead atoms. The number of para-hydroxylation sites is 1. The topological polar surface area (TPSA) is 64.1 Å². The number of nitrogens with one attached hydrogen (secondary N) is 1. The Balaban J connectivity index is 1.46. The number of hydrogen-bond donors (Lipinski definition) is 1. The molecule has 0 radical (unpaired) electrons. The number of nitrogens with zero attached hydrogens (tertiary/aromatic N) is 2. The minimum atomic E-state index is -0.238. The number of fused-ring (bicyclic) bond motifs is 2. The van der Waals surface area contributed by atoms with Gasteiger partial charge in [0.1, 0.15) is 6.33 Å². The van der Waals surface area contributed by atoms with Crippen LogP contribution in [0.25, 0.3) is 21.7 Å². The molecule has 0 aliphatic heterocycles. The van der Waals surface area contributed by atoms with Gasteiger partial charge in [0.15, 0.2) is 6.61 Å². The highest BCUT2D eigenvalue weighted by atomic mass is 16.5. The van der Waals surface area contributed by atoms with Gasteiger partial charge in [-0.25, -0.2) is 9.97 Å². The van der Waals surface area contributed by atoms with Gasteiger partial charge in [-0.3, -0.25) is 4.79 Å². The van der Waals surface area contributed by atoms with Crippen LogP contribution in [-0.2, 0) is 4.79 Å². The number of aromatic nitrogens is 2. The molecule has 0 aliphatic rings. The van der Waals surface area contributed by atoms with E-state index in [0.717, 1.165) is 27.4 Å². The fraction of sp³-hybridized carbons (Fsp3) is 0.0500. The van der Waals surface area contributed by atoms with Crippen molar-refractivity contribution in [2.75, 3.05) is 11.9 Å². The average molecular weight is 329 g/mol. The summed E-state index contributed by atoms with van der Waals surface area (Å²) in [6.07, 6.45) is 1.43. The molecular formula is C20H15N3O2. The summed E-state index contributed by atoms with van der Waals surface area (Å²) >= 11 is 0. The average Bonchev–Trinajstić information content (AvgIpc) is 2.66. The van der Waals surface area contributed by atoms with Crippen molar-refractivity contribution in [2.45, 2.75) is 0 Å². The largest absolute Gasteiger partial charge is 0.467 e. The van der Waals surface area contributed by atoms with E-state index in [1.54, 1.807) is 0 Å². The van der Waals surface area contributed by atoms with E-state index in [1.165, 1.54) is 6.33 Å². The van der Waals surface area contributed by atoms with Crippen molar-refractivity contribution in [3.8, 4) is 5.88 Å². The zero-order valence-electron chi connectivity index (χ0n) is 13.3. The predicted molar refractivity (Wildman–Crippen MR) is 97.6 cm³/mol. The van der Waals surface area contributed by atoms with Gasteiger partial charge >= 0.3 is 0 Å². The van der Waals surface area contributed by atoms with Gasteiger partial charge in [-0.2, -0.15) is 0 Å². The Bertz CT molecular complexity index is 1060. The number of carbonyl (C=O) groups excluding carboxylic acids is 1. The minimum absolute atomic E-state index is 0.117. The lowest BCUT2D eigenvalue weighted by Gasteiger charge is -2.09. The van der Waals surface area contributed by atoms with Crippen LogP contribution >= 0.6 is 0 Å². The fourth-order valence-corrected chi connectivity index (χ4v) is 2.69. The monoisotopic (exact) mass is 329 g/mol. The molecule has 25 heavy (non-hydrogen) atoms. The van der Waals surface area contributed by atoms with Crippen LogP contribution in [0, 0.1) is 0 Å². The first kappa shape index (κ1) is 15.1. The molecule has 1 amide bonds. The molecule has 0 spiro atoms. The molecule has 0 aliphatic carbocycles. The summed E-state index contributed by atoms with van der Waals surface area (Å²) in [5.41, 5.74) is 1.52. The highest BCUT2D eigenvalue weighted by molar-refractivity contribution is 5.95. The smallest absolute Gasteiger partial charge is 0.262 e. The number of rotatable bonds is 4. The van der Waals surface area contributed by atoms with Crippen LogP contribution in [0.3, 0.4) is 0 Å². The quantitative estimate of drug-likeness (QED) is 0.618. The van der Waals surface area contributed by atoms with Crippen molar-refractivity contribution in [2.24, 2.45) is 0 Å². The SMILES string of the molecule is O=C(COc1ncnc2ccccc12)Nc1ccc2ccccc2c1. The molecule has 0 saturated heterocycles. The molecule has 3 aromatic carbocycles. The summed E-state index contributed by atoms with van der Waals surface area (Å²) in [5, 5.41) is 5.83. The third-order valence-electron chi connectivity index (χ3n) is 3.88. The number of anilines is 1. The normalized spacial score (nSPS) is 10.7. The van der Waals surface area contributed by atoms with Gasteiger partial charge in [-0.05, 0) is 35.0 Å². The molecule has 4 aromatic rings. The fourth-order valence-electron chi connectivity index (χ4n) is 2.69. The van der Waals surface area contributed by atoms with Gasteiger partial charge in [0.2, 0.25) is 5.88 Å². The minimum Gasteiger partial charge on any atom is -0.467 e. The van der Waals surface area contributed by atoms with E-state index < -0.39 is 0 Å². The molecule has 1 heterocycles. The number of carbonyl (C=O) groups is 1. The van der Waals surface area contributed by atoms with Gasteiger partial charge in [0, 0.05) is 5.69 Å². The Labute approximate surface area is 144 Å². The highest BCUT2D eigenvalue weighted by Crippen LogP contribution is 2.21. The lowest BCUT2D eigenvalue weighted by atomic mass is 10.1. The van der Waals surface area contributed by atoms with Gasteiger partial charge in [0.25, 0.3) is 5.91 Å². The maximum atomic E-state index is 12.2. The molecule has 1 aromatic heterocycles.